The van der Waals surface area contributed by atoms with Gasteiger partial charge in [-0.1, -0.05) is 54.6 Å². The fraction of sp³-hybridized carbons (Fsp3) is 0.235. The van der Waals surface area contributed by atoms with Gasteiger partial charge in [0.05, 0.1) is 0 Å². The molecule has 1 aliphatic heterocycles. The minimum Gasteiger partial charge on any atom is -0.299 e. The molecule has 96 valence electrons. The minimum atomic E-state index is 0.0936. The van der Waals surface area contributed by atoms with Crippen LogP contribution in [0.4, 0.5) is 0 Å². The molecule has 2 heteroatoms. The first kappa shape index (κ1) is 12.1. The molecule has 1 heterocycles. The van der Waals surface area contributed by atoms with Crippen molar-refractivity contribution in [1.29, 1.82) is 0 Å². The van der Waals surface area contributed by atoms with Crippen LogP contribution in [-0.4, -0.2) is 23.8 Å². The van der Waals surface area contributed by atoms with Gasteiger partial charge in [-0.2, -0.15) is 0 Å². The zero-order valence-corrected chi connectivity index (χ0v) is 10.9. The predicted molar refractivity (Wildman–Crippen MR) is 76.2 cm³/mol. The highest BCUT2D eigenvalue weighted by Crippen LogP contribution is 2.15. The molecule has 0 spiro atoms. The van der Waals surface area contributed by atoms with E-state index in [0.717, 1.165) is 17.7 Å². The summed E-state index contributed by atoms with van der Waals surface area (Å²) in [6, 6.07) is 17.4. The van der Waals surface area contributed by atoms with Crippen molar-refractivity contribution in [3.63, 3.8) is 0 Å². The Morgan fingerprint density at radius 1 is 0.895 bits per heavy atom. The number of benzene rings is 2. The molecule has 1 aliphatic rings. The maximum absolute atomic E-state index is 12.2. The summed E-state index contributed by atoms with van der Waals surface area (Å²) in [6.07, 6.45) is 1.31. The summed E-state index contributed by atoms with van der Waals surface area (Å²) in [4.78, 5) is 14.6. The summed E-state index contributed by atoms with van der Waals surface area (Å²) in [5, 5.41) is 0. The van der Waals surface area contributed by atoms with Crippen molar-refractivity contribution in [2.24, 2.45) is 0 Å². The Morgan fingerprint density at radius 3 is 2.11 bits per heavy atom. The van der Waals surface area contributed by atoms with Crippen molar-refractivity contribution in [1.82, 2.24) is 4.90 Å². The number of nitrogens with zero attached hydrogens (tertiary/aromatic N) is 1. The third-order valence-corrected chi connectivity index (χ3v) is 3.61. The molecule has 0 amide bonds. The van der Waals surface area contributed by atoms with E-state index in [1.165, 1.54) is 25.1 Å². The van der Waals surface area contributed by atoms with E-state index in [9.17, 15) is 4.79 Å². The summed E-state index contributed by atoms with van der Waals surface area (Å²) >= 11 is 0. The number of ketones is 1. The first-order chi connectivity index (χ1) is 9.33. The summed E-state index contributed by atoms with van der Waals surface area (Å²) in [5.74, 6) is 0.0936. The Balaban J connectivity index is 1.73. The zero-order chi connectivity index (χ0) is 13.1. The Labute approximate surface area is 113 Å². The van der Waals surface area contributed by atoms with Crippen LogP contribution in [0.1, 0.15) is 27.9 Å². The van der Waals surface area contributed by atoms with E-state index in [2.05, 4.69) is 17.0 Å². The number of carbonyl (C=O) groups excluding carboxylic acids is 1. The highest BCUT2D eigenvalue weighted by molar-refractivity contribution is 6.08. The van der Waals surface area contributed by atoms with Crippen LogP contribution in [0.2, 0.25) is 0 Å². The second-order valence-electron chi connectivity index (χ2n) is 5.02. The lowest BCUT2D eigenvalue weighted by Gasteiger charge is -2.30. The van der Waals surface area contributed by atoms with Crippen LogP contribution < -0.4 is 0 Å². The molecule has 2 aromatic carbocycles. The lowest BCUT2D eigenvalue weighted by molar-refractivity contribution is 0.103. The van der Waals surface area contributed by atoms with Crippen molar-refractivity contribution in [3.8, 4) is 0 Å². The van der Waals surface area contributed by atoms with Gasteiger partial charge in [0.2, 0.25) is 0 Å². The quantitative estimate of drug-likeness (QED) is 0.778. The summed E-state index contributed by atoms with van der Waals surface area (Å²) in [5.41, 5.74) is 2.79. The van der Waals surface area contributed by atoms with Crippen LogP contribution in [-0.2, 0) is 6.54 Å². The highest BCUT2D eigenvalue weighted by atomic mass is 16.1. The monoisotopic (exact) mass is 251 g/mol. The van der Waals surface area contributed by atoms with Gasteiger partial charge in [0.1, 0.15) is 0 Å². The van der Waals surface area contributed by atoms with Crippen molar-refractivity contribution in [3.05, 3.63) is 71.3 Å². The van der Waals surface area contributed by atoms with Crippen molar-refractivity contribution >= 4 is 5.78 Å². The molecule has 2 aromatic rings. The third-order valence-electron chi connectivity index (χ3n) is 3.61. The Morgan fingerprint density at radius 2 is 1.53 bits per heavy atom. The maximum atomic E-state index is 12.2. The van der Waals surface area contributed by atoms with E-state index in [4.69, 9.17) is 0 Å². The molecular formula is C17H17NO. The largest absolute Gasteiger partial charge is 0.299 e. The van der Waals surface area contributed by atoms with Crippen molar-refractivity contribution < 1.29 is 4.79 Å². The lowest BCUT2D eigenvalue weighted by atomic mass is 10.0. The average Bonchev–Trinajstić information content (AvgIpc) is 2.44. The molecule has 0 N–H and O–H groups in total. The van der Waals surface area contributed by atoms with Gasteiger partial charge < -0.3 is 0 Å². The van der Waals surface area contributed by atoms with E-state index < -0.39 is 0 Å². The van der Waals surface area contributed by atoms with Crippen LogP contribution in [0.3, 0.4) is 0 Å². The van der Waals surface area contributed by atoms with Gasteiger partial charge in [-0.3, -0.25) is 9.69 Å². The smallest absolute Gasteiger partial charge is 0.193 e. The number of hydrogen-bond donors (Lipinski definition) is 0. The van der Waals surface area contributed by atoms with E-state index in [-0.39, 0.29) is 5.78 Å². The predicted octanol–water partition coefficient (Wildman–Crippen LogP) is 3.12. The molecule has 0 atom stereocenters. The van der Waals surface area contributed by atoms with E-state index in [0.29, 0.717) is 0 Å². The van der Waals surface area contributed by atoms with Crippen LogP contribution in [0.15, 0.2) is 54.6 Å². The molecule has 1 saturated heterocycles. The van der Waals surface area contributed by atoms with Gasteiger partial charge in [0.25, 0.3) is 0 Å². The topological polar surface area (TPSA) is 20.3 Å². The van der Waals surface area contributed by atoms with Crippen LogP contribution in [0.25, 0.3) is 0 Å². The minimum absolute atomic E-state index is 0.0936. The van der Waals surface area contributed by atoms with Gasteiger partial charge in [-0.15, -0.1) is 0 Å². The lowest BCUT2D eigenvalue weighted by Crippen LogP contribution is -2.36. The van der Waals surface area contributed by atoms with Crippen LogP contribution in [0.5, 0.6) is 0 Å². The number of hydrogen-bond acceptors (Lipinski definition) is 2. The second kappa shape index (κ2) is 5.37. The summed E-state index contributed by atoms with van der Waals surface area (Å²) in [7, 11) is 0. The molecule has 0 bridgehead atoms. The van der Waals surface area contributed by atoms with Crippen LogP contribution in [0, 0.1) is 0 Å². The van der Waals surface area contributed by atoms with Crippen molar-refractivity contribution in [2.45, 2.75) is 13.0 Å². The fourth-order valence-corrected chi connectivity index (χ4v) is 2.32. The molecule has 0 saturated carbocycles. The molecule has 1 fully saturated rings. The number of rotatable bonds is 4. The van der Waals surface area contributed by atoms with Gasteiger partial charge in [0.15, 0.2) is 5.78 Å². The van der Waals surface area contributed by atoms with E-state index in [1.54, 1.807) is 0 Å². The first-order valence-corrected chi connectivity index (χ1v) is 6.74. The molecule has 0 aromatic heterocycles. The molecule has 0 aliphatic carbocycles. The Kier molecular flexibility index (Phi) is 3.43. The van der Waals surface area contributed by atoms with Crippen LogP contribution >= 0.6 is 0 Å². The molecule has 0 radical (unpaired) electrons. The molecule has 3 rings (SSSR count). The molecule has 2 nitrogen and oxygen atoms in total. The van der Waals surface area contributed by atoms with E-state index in [1.807, 2.05) is 42.5 Å². The number of likely N-dealkylation sites (tertiary alicyclic amines) is 1. The zero-order valence-electron chi connectivity index (χ0n) is 10.9. The maximum Gasteiger partial charge on any atom is 0.193 e. The average molecular weight is 251 g/mol. The van der Waals surface area contributed by atoms with Crippen molar-refractivity contribution in [2.75, 3.05) is 13.1 Å². The normalized spacial score (nSPS) is 14.9. The second-order valence-corrected chi connectivity index (χ2v) is 5.02. The SMILES string of the molecule is O=C(c1ccccc1)c1ccc(CN2CCC2)cc1. The van der Waals surface area contributed by atoms with Gasteiger partial charge in [-0.25, -0.2) is 0 Å². The fourth-order valence-electron chi connectivity index (χ4n) is 2.32. The first-order valence-electron chi connectivity index (χ1n) is 6.74. The molecule has 0 unspecified atom stereocenters. The molecule has 19 heavy (non-hydrogen) atoms. The summed E-state index contributed by atoms with van der Waals surface area (Å²) in [6.45, 7) is 3.40. The summed E-state index contributed by atoms with van der Waals surface area (Å²) < 4.78 is 0. The standard InChI is InChI=1S/C17H17NO/c19-17(15-5-2-1-3-6-15)16-9-7-14(8-10-16)13-18-11-4-12-18/h1-3,5-10H,4,11-13H2. The highest BCUT2D eigenvalue weighted by Gasteiger charge is 2.14. The van der Waals surface area contributed by atoms with E-state index >= 15 is 0 Å². The number of carbonyl (C=O) groups is 1. The van der Waals surface area contributed by atoms with Gasteiger partial charge in [0, 0.05) is 17.7 Å². The molecular weight excluding hydrogens is 234 g/mol. The Bertz CT molecular complexity index is 556. The van der Waals surface area contributed by atoms with Gasteiger partial charge in [-0.05, 0) is 25.1 Å². The third kappa shape index (κ3) is 2.74. The Hall–Kier alpha value is -1.93. The van der Waals surface area contributed by atoms with Gasteiger partial charge >= 0.3 is 0 Å².